The van der Waals surface area contributed by atoms with Gasteiger partial charge in [-0.15, -0.1) is 0 Å². The molecule has 2 N–H and O–H groups in total. The highest BCUT2D eigenvalue weighted by Gasteiger charge is 2.10. The van der Waals surface area contributed by atoms with Crippen molar-refractivity contribution >= 4 is 23.9 Å². The summed E-state index contributed by atoms with van der Waals surface area (Å²) >= 11 is 0. The molecule has 2 aromatic carbocycles. The van der Waals surface area contributed by atoms with Gasteiger partial charge in [0.15, 0.2) is 0 Å². The Morgan fingerprint density at radius 3 is 2.67 bits per heavy atom. The van der Waals surface area contributed by atoms with Crippen LogP contribution in [0, 0.1) is 10.1 Å². The van der Waals surface area contributed by atoms with E-state index in [2.05, 4.69) is 20.7 Å². The Bertz CT molecular complexity index is 1010. The zero-order valence-corrected chi connectivity index (χ0v) is 14.1. The topological polar surface area (TPSA) is 113 Å². The highest BCUT2D eigenvalue weighted by Crippen LogP contribution is 2.18. The van der Waals surface area contributed by atoms with Gasteiger partial charge < -0.3 is 0 Å². The minimum atomic E-state index is -0.457. The molecule has 0 aliphatic heterocycles. The number of aromatic nitrogens is 2. The standard InChI is InChI=1S/C19H15N5O3/c25-19(17-13-16(21-22-17)14-7-2-1-3-8-14)23-20-12-6-10-15-9-4-5-11-18(15)24(26)27/h1-13H,(H,21,22)(H,23,25)/b10-6-,20-12-. The summed E-state index contributed by atoms with van der Waals surface area (Å²) in [6, 6.07) is 17.4. The molecule has 0 fully saturated rings. The third-order valence-electron chi connectivity index (χ3n) is 3.63. The number of allylic oxidation sites excluding steroid dienone is 1. The average molecular weight is 361 g/mol. The van der Waals surface area contributed by atoms with E-state index in [0.717, 1.165) is 5.56 Å². The van der Waals surface area contributed by atoms with E-state index in [9.17, 15) is 14.9 Å². The lowest BCUT2D eigenvalue weighted by atomic mass is 10.1. The van der Waals surface area contributed by atoms with Gasteiger partial charge in [0.25, 0.3) is 11.6 Å². The van der Waals surface area contributed by atoms with Gasteiger partial charge >= 0.3 is 0 Å². The van der Waals surface area contributed by atoms with Crippen molar-refractivity contribution in [3.63, 3.8) is 0 Å². The molecule has 0 aliphatic carbocycles. The first kappa shape index (κ1) is 17.7. The van der Waals surface area contributed by atoms with Crippen molar-refractivity contribution in [3.05, 3.63) is 88.1 Å². The van der Waals surface area contributed by atoms with E-state index in [1.807, 2.05) is 30.3 Å². The molecule has 0 radical (unpaired) electrons. The van der Waals surface area contributed by atoms with E-state index in [1.54, 1.807) is 24.3 Å². The molecule has 0 atom stereocenters. The Morgan fingerprint density at radius 2 is 1.89 bits per heavy atom. The summed E-state index contributed by atoms with van der Waals surface area (Å²) in [7, 11) is 0. The number of hydrogen-bond donors (Lipinski definition) is 2. The summed E-state index contributed by atoms with van der Waals surface area (Å²) in [6.07, 6.45) is 4.38. The van der Waals surface area contributed by atoms with Crippen molar-refractivity contribution in [2.24, 2.45) is 5.10 Å². The zero-order chi connectivity index (χ0) is 19.1. The van der Waals surface area contributed by atoms with Crippen LogP contribution in [-0.2, 0) is 0 Å². The third-order valence-corrected chi connectivity index (χ3v) is 3.63. The lowest BCUT2D eigenvalue weighted by Crippen LogP contribution is -2.17. The second-order valence-electron chi connectivity index (χ2n) is 5.43. The summed E-state index contributed by atoms with van der Waals surface area (Å²) in [6.45, 7) is 0. The molecular formula is C19H15N5O3. The fraction of sp³-hybridized carbons (Fsp3) is 0. The first-order chi connectivity index (χ1) is 13.1. The van der Waals surface area contributed by atoms with E-state index in [-0.39, 0.29) is 11.4 Å². The molecule has 1 heterocycles. The molecule has 1 amide bonds. The maximum Gasteiger partial charge on any atom is 0.289 e. The predicted octanol–water partition coefficient (Wildman–Crippen LogP) is 3.41. The number of H-pyrrole nitrogens is 1. The molecule has 0 aliphatic rings. The minimum absolute atomic E-state index is 0.00270. The summed E-state index contributed by atoms with van der Waals surface area (Å²) in [5, 5.41) is 21.5. The van der Waals surface area contributed by atoms with Gasteiger partial charge in [-0.05, 0) is 24.3 Å². The van der Waals surface area contributed by atoms with Gasteiger partial charge in [0.1, 0.15) is 5.69 Å². The molecule has 8 nitrogen and oxygen atoms in total. The molecular weight excluding hydrogens is 346 g/mol. The van der Waals surface area contributed by atoms with E-state index in [0.29, 0.717) is 11.3 Å². The van der Waals surface area contributed by atoms with Crippen molar-refractivity contribution in [1.82, 2.24) is 15.6 Å². The lowest BCUT2D eigenvalue weighted by molar-refractivity contribution is -0.385. The van der Waals surface area contributed by atoms with Crippen LogP contribution in [0.3, 0.4) is 0 Å². The molecule has 134 valence electrons. The van der Waals surface area contributed by atoms with Crippen LogP contribution in [0.4, 0.5) is 5.69 Å². The molecule has 27 heavy (non-hydrogen) atoms. The SMILES string of the molecule is O=C(N/N=C\C=C/c1ccccc1[N+](=O)[O-])c1cc(-c2ccccc2)n[nH]1. The Labute approximate surface area is 154 Å². The van der Waals surface area contributed by atoms with Gasteiger partial charge in [0.05, 0.1) is 16.2 Å². The highest BCUT2D eigenvalue weighted by molar-refractivity contribution is 5.94. The zero-order valence-electron chi connectivity index (χ0n) is 14.1. The Morgan fingerprint density at radius 1 is 1.15 bits per heavy atom. The number of nitro groups is 1. The van der Waals surface area contributed by atoms with Crippen LogP contribution in [0.2, 0.25) is 0 Å². The molecule has 0 spiro atoms. The Kier molecular flexibility index (Phi) is 5.48. The van der Waals surface area contributed by atoms with Gasteiger partial charge in [-0.25, -0.2) is 5.43 Å². The van der Waals surface area contributed by atoms with Gasteiger partial charge in [0.2, 0.25) is 0 Å². The van der Waals surface area contributed by atoms with Crippen LogP contribution >= 0.6 is 0 Å². The fourth-order valence-electron chi connectivity index (χ4n) is 2.34. The van der Waals surface area contributed by atoms with Crippen molar-refractivity contribution < 1.29 is 9.72 Å². The molecule has 0 saturated carbocycles. The third kappa shape index (κ3) is 4.51. The van der Waals surface area contributed by atoms with Crippen LogP contribution in [0.5, 0.6) is 0 Å². The molecule has 3 aromatic rings. The quantitative estimate of drug-likeness (QED) is 0.398. The minimum Gasteiger partial charge on any atom is -0.272 e. The van der Waals surface area contributed by atoms with Gasteiger partial charge in [-0.3, -0.25) is 20.0 Å². The molecule has 0 saturated heterocycles. The number of benzene rings is 2. The van der Waals surface area contributed by atoms with Crippen molar-refractivity contribution in [2.75, 3.05) is 0 Å². The first-order valence-electron chi connectivity index (χ1n) is 7.99. The van der Waals surface area contributed by atoms with E-state index in [4.69, 9.17) is 0 Å². The highest BCUT2D eigenvalue weighted by atomic mass is 16.6. The van der Waals surface area contributed by atoms with Crippen LogP contribution in [0.25, 0.3) is 17.3 Å². The van der Waals surface area contributed by atoms with Gasteiger partial charge in [0, 0.05) is 17.8 Å². The van der Waals surface area contributed by atoms with Crippen LogP contribution in [0.1, 0.15) is 16.1 Å². The summed E-state index contributed by atoms with van der Waals surface area (Å²) in [5.74, 6) is -0.444. The monoisotopic (exact) mass is 361 g/mol. The van der Waals surface area contributed by atoms with Crippen molar-refractivity contribution in [2.45, 2.75) is 0 Å². The number of hydrazone groups is 1. The number of hydrogen-bond acceptors (Lipinski definition) is 5. The van der Waals surface area contributed by atoms with Crippen molar-refractivity contribution in [1.29, 1.82) is 0 Å². The van der Waals surface area contributed by atoms with Crippen LogP contribution in [-0.4, -0.2) is 27.2 Å². The van der Waals surface area contributed by atoms with Crippen molar-refractivity contribution in [3.8, 4) is 11.3 Å². The number of amides is 1. The second-order valence-corrected chi connectivity index (χ2v) is 5.43. The Balaban J connectivity index is 1.60. The van der Waals surface area contributed by atoms with Crippen LogP contribution in [0.15, 0.2) is 71.8 Å². The maximum absolute atomic E-state index is 12.1. The van der Waals surface area contributed by atoms with Gasteiger partial charge in [-0.2, -0.15) is 10.2 Å². The number of carbonyl (C=O) groups excluding carboxylic acids is 1. The number of nitrogens with one attached hydrogen (secondary N) is 2. The number of nitrogens with zero attached hydrogens (tertiary/aromatic N) is 3. The lowest BCUT2D eigenvalue weighted by Gasteiger charge is -1.95. The second kappa shape index (κ2) is 8.34. The maximum atomic E-state index is 12.1. The van der Waals surface area contributed by atoms with Gasteiger partial charge in [-0.1, -0.05) is 42.5 Å². The molecule has 0 unspecified atom stereocenters. The number of carbonyl (C=O) groups is 1. The van der Waals surface area contributed by atoms with E-state index in [1.165, 1.54) is 24.4 Å². The summed E-state index contributed by atoms with van der Waals surface area (Å²) < 4.78 is 0. The first-order valence-corrected chi connectivity index (χ1v) is 7.99. The van der Waals surface area contributed by atoms with E-state index < -0.39 is 10.8 Å². The fourth-order valence-corrected chi connectivity index (χ4v) is 2.34. The Hall–Kier alpha value is -4.07. The van der Waals surface area contributed by atoms with Crippen LogP contribution < -0.4 is 5.43 Å². The number of rotatable bonds is 6. The number of nitro benzene ring substituents is 1. The predicted molar refractivity (Wildman–Crippen MR) is 102 cm³/mol. The molecule has 0 bridgehead atoms. The number of aromatic amines is 1. The smallest absolute Gasteiger partial charge is 0.272 e. The van der Waals surface area contributed by atoms with E-state index >= 15 is 0 Å². The summed E-state index contributed by atoms with van der Waals surface area (Å²) in [4.78, 5) is 22.5. The molecule has 3 rings (SSSR count). The largest absolute Gasteiger partial charge is 0.289 e. The number of para-hydroxylation sites is 1. The average Bonchev–Trinajstić information content (AvgIpc) is 3.19. The normalized spacial score (nSPS) is 11.1. The molecule has 1 aromatic heterocycles. The molecule has 8 heteroatoms. The summed E-state index contributed by atoms with van der Waals surface area (Å²) in [5.41, 5.74) is 4.62.